The Morgan fingerprint density at radius 3 is 2.23 bits per heavy atom. The number of carbonyl (C=O) groups excluding carboxylic acids is 1. The number of hydrogen-bond donors (Lipinski definition) is 1. The number of nitrogens with zero attached hydrogens (tertiary/aromatic N) is 1. The van der Waals surface area contributed by atoms with Gasteiger partial charge in [-0.1, -0.05) is 35.9 Å². The summed E-state index contributed by atoms with van der Waals surface area (Å²) in [5.74, 6) is 0.961. The molecule has 3 aromatic rings. The quantitative estimate of drug-likeness (QED) is 0.405. The average Bonchev–Trinajstić information content (AvgIpc) is 2.86. The van der Waals surface area contributed by atoms with Crippen molar-refractivity contribution >= 4 is 21.6 Å². The molecule has 3 rings (SSSR count). The Labute approximate surface area is 206 Å². The van der Waals surface area contributed by atoms with Crippen LogP contribution in [0.4, 0.5) is 5.69 Å². The van der Waals surface area contributed by atoms with Crippen molar-refractivity contribution in [1.29, 1.82) is 0 Å². The fraction of sp³-hybridized carbons (Fsp3) is 0.269. The molecule has 1 N–H and O–H groups in total. The van der Waals surface area contributed by atoms with Crippen molar-refractivity contribution in [2.24, 2.45) is 0 Å². The number of ether oxygens (including phenoxy) is 3. The van der Waals surface area contributed by atoms with E-state index in [9.17, 15) is 13.2 Å². The largest absolute Gasteiger partial charge is 0.493 e. The van der Waals surface area contributed by atoms with Gasteiger partial charge in [0.2, 0.25) is 5.91 Å². The first-order chi connectivity index (χ1) is 16.8. The Balaban J connectivity index is 1.73. The van der Waals surface area contributed by atoms with E-state index in [1.165, 1.54) is 32.4 Å². The van der Waals surface area contributed by atoms with Crippen LogP contribution in [0.1, 0.15) is 11.1 Å². The van der Waals surface area contributed by atoms with E-state index in [1.54, 1.807) is 30.3 Å². The lowest BCUT2D eigenvalue weighted by atomic mass is 10.1. The molecule has 3 aromatic carbocycles. The molecule has 0 saturated heterocycles. The molecule has 9 heteroatoms. The van der Waals surface area contributed by atoms with Gasteiger partial charge < -0.3 is 19.5 Å². The lowest BCUT2D eigenvalue weighted by Crippen LogP contribution is -2.41. The van der Waals surface area contributed by atoms with E-state index < -0.39 is 22.5 Å². The van der Waals surface area contributed by atoms with Crippen LogP contribution in [-0.2, 0) is 14.8 Å². The van der Waals surface area contributed by atoms with E-state index in [0.717, 1.165) is 21.2 Å². The molecule has 0 aliphatic rings. The number of para-hydroxylation sites is 1. The van der Waals surface area contributed by atoms with Gasteiger partial charge in [0.25, 0.3) is 10.0 Å². The third-order valence-corrected chi connectivity index (χ3v) is 7.06. The van der Waals surface area contributed by atoms with Gasteiger partial charge in [0.15, 0.2) is 11.5 Å². The van der Waals surface area contributed by atoms with Crippen molar-refractivity contribution < 1.29 is 27.4 Å². The first-order valence-electron chi connectivity index (χ1n) is 11.0. The van der Waals surface area contributed by atoms with Gasteiger partial charge in [0, 0.05) is 6.07 Å². The van der Waals surface area contributed by atoms with Crippen LogP contribution >= 0.6 is 0 Å². The van der Waals surface area contributed by atoms with Crippen molar-refractivity contribution in [3.05, 3.63) is 77.9 Å². The molecule has 0 saturated carbocycles. The number of benzene rings is 3. The van der Waals surface area contributed by atoms with Gasteiger partial charge >= 0.3 is 0 Å². The van der Waals surface area contributed by atoms with Crippen LogP contribution in [0.25, 0.3) is 0 Å². The number of anilines is 1. The monoisotopic (exact) mass is 498 g/mol. The molecule has 0 aliphatic carbocycles. The fourth-order valence-corrected chi connectivity index (χ4v) is 4.95. The normalized spacial score (nSPS) is 11.0. The minimum Gasteiger partial charge on any atom is -0.493 e. The van der Waals surface area contributed by atoms with Crippen molar-refractivity contribution in [1.82, 2.24) is 5.32 Å². The van der Waals surface area contributed by atoms with E-state index in [-0.39, 0.29) is 23.8 Å². The second-order valence-electron chi connectivity index (χ2n) is 7.83. The summed E-state index contributed by atoms with van der Waals surface area (Å²) in [5.41, 5.74) is 2.51. The summed E-state index contributed by atoms with van der Waals surface area (Å²) < 4.78 is 44.3. The Morgan fingerprint density at radius 2 is 1.57 bits per heavy atom. The molecule has 0 aliphatic heterocycles. The van der Waals surface area contributed by atoms with E-state index in [2.05, 4.69) is 5.32 Å². The van der Waals surface area contributed by atoms with Gasteiger partial charge in [0.05, 0.1) is 31.3 Å². The number of rotatable bonds is 11. The smallest absolute Gasteiger partial charge is 0.264 e. The zero-order valence-electron chi connectivity index (χ0n) is 20.3. The first kappa shape index (κ1) is 25.9. The second-order valence-corrected chi connectivity index (χ2v) is 9.69. The lowest BCUT2D eigenvalue weighted by molar-refractivity contribution is -0.119. The number of hydrogen-bond acceptors (Lipinski definition) is 6. The molecule has 0 heterocycles. The number of amides is 1. The summed E-state index contributed by atoms with van der Waals surface area (Å²) in [6, 6.07) is 18.6. The zero-order chi connectivity index (χ0) is 25.4. The number of nitrogens with one attached hydrogen (secondary N) is 1. The van der Waals surface area contributed by atoms with Crippen molar-refractivity contribution in [3.8, 4) is 17.2 Å². The summed E-state index contributed by atoms with van der Waals surface area (Å²) in [7, 11) is -1.19. The number of aryl methyl sites for hydroxylation is 2. The highest BCUT2D eigenvalue weighted by atomic mass is 32.2. The van der Waals surface area contributed by atoms with Crippen LogP contribution in [0.15, 0.2) is 71.6 Å². The summed E-state index contributed by atoms with van der Waals surface area (Å²) in [4.78, 5) is 12.7. The van der Waals surface area contributed by atoms with E-state index >= 15 is 0 Å². The molecular weight excluding hydrogens is 468 g/mol. The topological polar surface area (TPSA) is 94.2 Å². The molecule has 186 valence electrons. The predicted molar refractivity (Wildman–Crippen MR) is 135 cm³/mol. The van der Waals surface area contributed by atoms with Gasteiger partial charge in [-0.3, -0.25) is 9.10 Å². The molecule has 0 spiro atoms. The number of carbonyl (C=O) groups is 1. The number of sulfonamides is 1. The summed E-state index contributed by atoms with van der Waals surface area (Å²) in [6.07, 6.45) is 0. The molecular formula is C26H30N2O6S. The Bertz CT molecular complexity index is 1260. The van der Waals surface area contributed by atoms with Crippen molar-refractivity contribution in [3.63, 3.8) is 0 Å². The average molecular weight is 499 g/mol. The van der Waals surface area contributed by atoms with Gasteiger partial charge in [-0.15, -0.1) is 0 Å². The van der Waals surface area contributed by atoms with Crippen molar-refractivity contribution in [2.45, 2.75) is 18.7 Å². The maximum absolute atomic E-state index is 13.5. The third kappa shape index (κ3) is 6.45. The maximum atomic E-state index is 13.5. The van der Waals surface area contributed by atoms with Crippen LogP contribution < -0.4 is 23.8 Å². The standard InChI is InChI=1S/C26H30N2O6S/c1-19-10-12-23(20(2)16-19)34-15-14-27-26(29)18-28(21-8-6-5-7-9-21)35(30,31)22-11-13-24(32-3)25(17-22)33-4/h5-13,16-17H,14-15,18H2,1-4H3,(H,27,29). The molecule has 0 fully saturated rings. The van der Waals surface area contributed by atoms with Crippen LogP contribution in [0.5, 0.6) is 17.2 Å². The molecule has 8 nitrogen and oxygen atoms in total. The van der Waals surface area contributed by atoms with Gasteiger partial charge in [-0.25, -0.2) is 8.42 Å². The molecule has 0 radical (unpaired) electrons. The Hall–Kier alpha value is -3.72. The minimum atomic E-state index is -4.08. The fourth-order valence-electron chi connectivity index (χ4n) is 3.51. The third-order valence-electron chi connectivity index (χ3n) is 5.29. The van der Waals surface area contributed by atoms with E-state index in [4.69, 9.17) is 14.2 Å². The highest BCUT2D eigenvalue weighted by Gasteiger charge is 2.28. The number of methoxy groups -OCH3 is 2. The summed E-state index contributed by atoms with van der Waals surface area (Å²) in [6.45, 7) is 4.04. The van der Waals surface area contributed by atoms with Gasteiger partial charge in [-0.2, -0.15) is 0 Å². The summed E-state index contributed by atoms with van der Waals surface area (Å²) >= 11 is 0. The maximum Gasteiger partial charge on any atom is 0.264 e. The van der Waals surface area contributed by atoms with Crippen LogP contribution in [0.2, 0.25) is 0 Å². The molecule has 1 amide bonds. The molecule has 0 atom stereocenters. The van der Waals surface area contributed by atoms with E-state index in [0.29, 0.717) is 11.4 Å². The highest BCUT2D eigenvalue weighted by Crippen LogP contribution is 2.32. The SMILES string of the molecule is COc1ccc(S(=O)(=O)N(CC(=O)NCCOc2ccc(C)cc2C)c2ccccc2)cc1OC. The van der Waals surface area contributed by atoms with Crippen LogP contribution in [0.3, 0.4) is 0 Å². The minimum absolute atomic E-state index is 0.0232. The molecule has 35 heavy (non-hydrogen) atoms. The lowest BCUT2D eigenvalue weighted by Gasteiger charge is -2.24. The van der Waals surface area contributed by atoms with E-state index in [1.807, 2.05) is 32.0 Å². The molecule has 0 bridgehead atoms. The summed E-state index contributed by atoms with van der Waals surface area (Å²) in [5, 5.41) is 2.73. The molecule has 0 unspecified atom stereocenters. The van der Waals surface area contributed by atoms with Crippen LogP contribution in [0, 0.1) is 13.8 Å². The Morgan fingerprint density at radius 1 is 0.886 bits per heavy atom. The second kappa shape index (κ2) is 11.6. The van der Waals surface area contributed by atoms with Gasteiger partial charge in [0.1, 0.15) is 18.9 Å². The predicted octanol–water partition coefficient (Wildman–Crippen LogP) is 3.71. The van der Waals surface area contributed by atoms with Gasteiger partial charge in [-0.05, 0) is 49.7 Å². The first-order valence-corrected chi connectivity index (χ1v) is 12.5. The zero-order valence-corrected chi connectivity index (χ0v) is 21.1. The highest BCUT2D eigenvalue weighted by molar-refractivity contribution is 7.92. The van der Waals surface area contributed by atoms with Crippen LogP contribution in [-0.4, -0.2) is 48.2 Å². The molecule has 0 aromatic heterocycles. The Kier molecular flexibility index (Phi) is 8.59. The van der Waals surface area contributed by atoms with Crippen molar-refractivity contribution in [2.75, 3.05) is 38.2 Å².